The van der Waals surface area contributed by atoms with Gasteiger partial charge in [-0.25, -0.2) is 0 Å². The molecule has 0 aliphatic carbocycles. The van der Waals surface area contributed by atoms with Gasteiger partial charge in [-0.15, -0.1) is 0 Å². The van der Waals surface area contributed by atoms with Crippen LogP contribution in [0, 0.1) is 0 Å². The van der Waals surface area contributed by atoms with Gasteiger partial charge < -0.3 is 20.5 Å². The van der Waals surface area contributed by atoms with Crippen LogP contribution in [0.5, 0.6) is 5.75 Å². The zero-order valence-corrected chi connectivity index (χ0v) is 11.1. The molecule has 0 heterocycles. The van der Waals surface area contributed by atoms with Crippen LogP contribution in [0.4, 0.5) is 0 Å². The van der Waals surface area contributed by atoms with Gasteiger partial charge in [0.1, 0.15) is 5.75 Å². The quantitative estimate of drug-likeness (QED) is 0.547. The average Bonchev–Trinajstić information content (AvgIpc) is 2.39. The molecule has 0 saturated carbocycles. The number of hydrogen-bond donors (Lipinski definition) is 3. The van der Waals surface area contributed by atoms with Gasteiger partial charge in [-0.2, -0.15) is 0 Å². The molecule has 0 saturated heterocycles. The Balaban J connectivity index is 2.13. The SMILES string of the molecule is CCOc1cccc(CNCCCNCCO)c1. The maximum atomic E-state index is 8.60. The fourth-order valence-corrected chi connectivity index (χ4v) is 1.69. The number of nitrogens with one attached hydrogen (secondary N) is 2. The van der Waals surface area contributed by atoms with Gasteiger partial charge in [-0.3, -0.25) is 0 Å². The molecule has 0 spiro atoms. The fraction of sp³-hybridized carbons (Fsp3) is 0.571. The van der Waals surface area contributed by atoms with Crippen LogP contribution in [0.25, 0.3) is 0 Å². The molecular formula is C14H24N2O2. The minimum Gasteiger partial charge on any atom is -0.494 e. The van der Waals surface area contributed by atoms with Crippen LogP contribution in [0.15, 0.2) is 24.3 Å². The molecule has 0 fully saturated rings. The molecule has 1 aromatic carbocycles. The van der Waals surface area contributed by atoms with Crippen molar-refractivity contribution in [3.05, 3.63) is 29.8 Å². The first kappa shape index (κ1) is 15.0. The van der Waals surface area contributed by atoms with Gasteiger partial charge in [0.25, 0.3) is 0 Å². The second kappa shape index (κ2) is 9.88. The van der Waals surface area contributed by atoms with Crippen molar-refractivity contribution in [2.45, 2.75) is 19.9 Å². The van der Waals surface area contributed by atoms with E-state index in [2.05, 4.69) is 22.8 Å². The van der Waals surface area contributed by atoms with E-state index in [0.29, 0.717) is 13.2 Å². The third-order valence-electron chi connectivity index (χ3n) is 2.53. The molecule has 0 unspecified atom stereocenters. The molecule has 102 valence electrons. The summed E-state index contributed by atoms with van der Waals surface area (Å²) in [5, 5.41) is 15.1. The second-order valence-electron chi connectivity index (χ2n) is 4.08. The maximum Gasteiger partial charge on any atom is 0.119 e. The van der Waals surface area contributed by atoms with E-state index in [9.17, 15) is 0 Å². The minimum atomic E-state index is 0.206. The molecule has 0 aliphatic rings. The predicted octanol–water partition coefficient (Wildman–Crippen LogP) is 1.15. The van der Waals surface area contributed by atoms with Gasteiger partial charge in [-0.1, -0.05) is 12.1 Å². The van der Waals surface area contributed by atoms with Crippen molar-refractivity contribution < 1.29 is 9.84 Å². The molecular weight excluding hydrogens is 228 g/mol. The first-order chi connectivity index (χ1) is 8.86. The number of benzene rings is 1. The Morgan fingerprint density at radius 2 is 2.00 bits per heavy atom. The lowest BCUT2D eigenvalue weighted by atomic mass is 10.2. The van der Waals surface area contributed by atoms with Gasteiger partial charge in [0.2, 0.25) is 0 Å². The summed E-state index contributed by atoms with van der Waals surface area (Å²) in [5.74, 6) is 0.932. The van der Waals surface area contributed by atoms with E-state index >= 15 is 0 Å². The first-order valence-corrected chi connectivity index (χ1v) is 6.61. The third kappa shape index (κ3) is 6.59. The Morgan fingerprint density at radius 3 is 2.78 bits per heavy atom. The standard InChI is InChI=1S/C14H24N2O2/c1-2-18-14-6-3-5-13(11-14)12-16-8-4-7-15-9-10-17/h3,5-6,11,15-17H,2,4,7-10,12H2,1H3. The predicted molar refractivity (Wildman–Crippen MR) is 73.9 cm³/mol. The Bertz CT molecular complexity index is 318. The molecule has 0 atom stereocenters. The summed E-state index contributed by atoms with van der Waals surface area (Å²) in [4.78, 5) is 0. The lowest BCUT2D eigenvalue weighted by Gasteiger charge is -2.08. The topological polar surface area (TPSA) is 53.5 Å². The van der Waals surface area contributed by atoms with E-state index in [4.69, 9.17) is 9.84 Å². The Hall–Kier alpha value is -1.10. The van der Waals surface area contributed by atoms with Crippen LogP contribution in [-0.4, -0.2) is 38.0 Å². The van der Waals surface area contributed by atoms with E-state index in [1.54, 1.807) is 0 Å². The van der Waals surface area contributed by atoms with Crippen molar-refractivity contribution in [2.75, 3.05) is 32.8 Å². The molecule has 4 heteroatoms. The number of hydrogen-bond acceptors (Lipinski definition) is 4. The van der Waals surface area contributed by atoms with E-state index in [0.717, 1.165) is 31.8 Å². The third-order valence-corrected chi connectivity index (χ3v) is 2.53. The summed E-state index contributed by atoms with van der Waals surface area (Å²) in [7, 11) is 0. The van der Waals surface area contributed by atoms with Gasteiger partial charge in [0.15, 0.2) is 0 Å². The zero-order valence-electron chi connectivity index (χ0n) is 11.1. The van der Waals surface area contributed by atoms with Gasteiger partial charge in [-0.05, 0) is 44.1 Å². The molecule has 1 rings (SSSR count). The van der Waals surface area contributed by atoms with Crippen molar-refractivity contribution in [1.82, 2.24) is 10.6 Å². The zero-order chi connectivity index (χ0) is 13.1. The van der Waals surface area contributed by atoms with Crippen molar-refractivity contribution in [3.8, 4) is 5.75 Å². The molecule has 0 aromatic heterocycles. The van der Waals surface area contributed by atoms with Crippen molar-refractivity contribution in [3.63, 3.8) is 0 Å². The van der Waals surface area contributed by atoms with Crippen LogP contribution in [0.1, 0.15) is 18.9 Å². The molecule has 3 N–H and O–H groups in total. The summed E-state index contributed by atoms with van der Waals surface area (Å²) in [6.07, 6.45) is 1.06. The van der Waals surface area contributed by atoms with Crippen molar-refractivity contribution in [2.24, 2.45) is 0 Å². The van der Waals surface area contributed by atoms with Crippen LogP contribution < -0.4 is 15.4 Å². The highest BCUT2D eigenvalue weighted by Gasteiger charge is 1.96. The number of aliphatic hydroxyl groups is 1. The Kier molecular flexibility index (Phi) is 8.21. The maximum absolute atomic E-state index is 8.60. The van der Waals surface area contributed by atoms with Gasteiger partial charge in [0.05, 0.1) is 13.2 Å². The average molecular weight is 252 g/mol. The highest BCUT2D eigenvalue weighted by Crippen LogP contribution is 2.12. The number of rotatable bonds is 10. The molecule has 18 heavy (non-hydrogen) atoms. The Morgan fingerprint density at radius 1 is 1.17 bits per heavy atom. The normalized spacial score (nSPS) is 10.6. The van der Waals surface area contributed by atoms with Crippen molar-refractivity contribution >= 4 is 0 Å². The van der Waals surface area contributed by atoms with E-state index < -0.39 is 0 Å². The van der Waals surface area contributed by atoms with Crippen LogP contribution in [-0.2, 0) is 6.54 Å². The van der Waals surface area contributed by atoms with E-state index in [1.165, 1.54) is 5.56 Å². The summed E-state index contributed by atoms with van der Waals surface area (Å²) in [6, 6.07) is 8.16. The van der Waals surface area contributed by atoms with E-state index in [1.807, 2.05) is 19.1 Å². The largest absolute Gasteiger partial charge is 0.494 e. The van der Waals surface area contributed by atoms with Crippen LogP contribution in [0.3, 0.4) is 0 Å². The second-order valence-corrected chi connectivity index (χ2v) is 4.08. The summed E-state index contributed by atoms with van der Waals surface area (Å²) < 4.78 is 5.46. The molecule has 1 aromatic rings. The monoisotopic (exact) mass is 252 g/mol. The smallest absolute Gasteiger partial charge is 0.119 e. The fourth-order valence-electron chi connectivity index (χ4n) is 1.69. The highest BCUT2D eigenvalue weighted by atomic mass is 16.5. The first-order valence-electron chi connectivity index (χ1n) is 6.61. The molecule has 0 radical (unpaired) electrons. The Labute approximate surface area is 109 Å². The van der Waals surface area contributed by atoms with E-state index in [-0.39, 0.29) is 6.61 Å². The summed E-state index contributed by atoms with van der Waals surface area (Å²) >= 11 is 0. The van der Waals surface area contributed by atoms with Crippen molar-refractivity contribution in [1.29, 1.82) is 0 Å². The lowest BCUT2D eigenvalue weighted by molar-refractivity contribution is 0.292. The summed E-state index contributed by atoms with van der Waals surface area (Å²) in [6.45, 7) is 6.34. The number of aliphatic hydroxyl groups excluding tert-OH is 1. The number of ether oxygens (including phenoxy) is 1. The molecule has 4 nitrogen and oxygen atoms in total. The van der Waals surface area contributed by atoms with Gasteiger partial charge in [0, 0.05) is 13.1 Å². The highest BCUT2D eigenvalue weighted by molar-refractivity contribution is 5.28. The minimum absolute atomic E-state index is 0.206. The molecule has 0 bridgehead atoms. The van der Waals surface area contributed by atoms with Crippen LogP contribution in [0.2, 0.25) is 0 Å². The lowest BCUT2D eigenvalue weighted by Crippen LogP contribution is -2.23. The summed E-state index contributed by atoms with van der Waals surface area (Å²) in [5.41, 5.74) is 1.24. The van der Waals surface area contributed by atoms with Crippen LogP contribution >= 0.6 is 0 Å². The molecule has 0 amide bonds. The van der Waals surface area contributed by atoms with Gasteiger partial charge >= 0.3 is 0 Å². The molecule has 0 aliphatic heterocycles.